The first-order valence-corrected chi connectivity index (χ1v) is 5.65. The molecule has 2 N–H and O–H groups in total. The summed E-state index contributed by atoms with van der Waals surface area (Å²) in [4.78, 5) is 10.8. The van der Waals surface area contributed by atoms with E-state index in [1.54, 1.807) is 6.92 Å². The van der Waals surface area contributed by atoms with Gasteiger partial charge in [-0.3, -0.25) is 5.10 Å². The summed E-state index contributed by atoms with van der Waals surface area (Å²) >= 11 is 5.92. The number of aromatic amines is 1. The third-order valence-electron chi connectivity index (χ3n) is 2.70. The van der Waals surface area contributed by atoms with Gasteiger partial charge in [-0.1, -0.05) is 11.6 Å². The van der Waals surface area contributed by atoms with Gasteiger partial charge in [-0.15, -0.1) is 0 Å². The second kappa shape index (κ2) is 4.89. The highest BCUT2D eigenvalue weighted by atomic mass is 35.5. The maximum Gasteiger partial charge on any atom is 0.353 e. The maximum atomic E-state index is 13.8. The number of hydrogen-bond acceptors (Lipinski definition) is 3. The number of aromatic nitrogens is 2. The van der Waals surface area contributed by atoms with Gasteiger partial charge in [-0.25, -0.2) is 9.18 Å². The summed E-state index contributed by atoms with van der Waals surface area (Å²) in [5.41, 5.74) is 1.05. The van der Waals surface area contributed by atoms with Crippen LogP contribution in [0.1, 0.15) is 16.1 Å². The summed E-state index contributed by atoms with van der Waals surface area (Å²) in [6.45, 7) is 1.68. The van der Waals surface area contributed by atoms with E-state index in [1.807, 2.05) is 0 Å². The fourth-order valence-corrected chi connectivity index (χ4v) is 1.95. The average Bonchev–Trinajstić information content (AvgIpc) is 2.82. The number of nitrogens with one attached hydrogen (secondary N) is 1. The molecule has 0 aliphatic carbocycles. The van der Waals surface area contributed by atoms with E-state index in [4.69, 9.17) is 21.4 Å². The summed E-state index contributed by atoms with van der Waals surface area (Å²) in [5, 5.41) is 15.3. The predicted octanol–water partition coefficient (Wildman–Crippen LogP) is 2.88. The zero-order valence-electron chi connectivity index (χ0n) is 10.1. The number of nitrogens with zero attached hydrogens (tertiary/aromatic N) is 1. The van der Waals surface area contributed by atoms with Crippen molar-refractivity contribution < 1.29 is 19.0 Å². The average molecular weight is 285 g/mol. The van der Waals surface area contributed by atoms with Crippen LogP contribution in [0.5, 0.6) is 5.75 Å². The Kier molecular flexibility index (Phi) is 3.44. The van der Waals surface area contributed by atoms with Gasteiger partial charge in [0.05, 0.1) is 18.4 Å². The Morgan fingerprint density at radius 1 is 1.53 bits per heavy atom. The summed E-state index contributed by atoms with van der Waals surface area (Å²) < 4.78 is 18.8. The van der Waals surface area contributed by atoms with Crippen LogP contribution in [0.15, 0.2) is 12.1 Å². The number of carboxylic acid groups (broad SMARTS) is 1. The van der Waals surface area contributed by atoms with Crippen LogP contribution in [0.2, 0.25) is 5.02 Å². The lowest BCUT2D eigenvalue weighted by molar-refractivity contribution is 0.0690. The molecule has 0 bridgehead atoms. The molecular formula is C12H10ClFN2O3. The number of aromatic carboxylic acids is 1. The van der Waals surface area contributed by atoms with E-state index in [0.717, 1.165) is 6.07 Å². The third kappa shape index (κ3) is 2.26. The largest absolute Gasteiger partial charge is 0.493 e. The normalized spacial score (nSPS) is 10.5. The molecule has 0 atom stereocenters. The standard InChI is InChI=1S/C12H10ClFN2O3/c1-5-6(13)3-7(14)11(19-2)10(5)8-4-9(12(17)18)16-15-8/h3-4H,1-2H3,(H,15,16)(H,17,18). The zero-order valence-corrected chi connectivity index (χ0v) is 10.9. The van der Waals surface area contributed by atoms with Gasteiger partial charge in [0.15, 0.2) is 11.6 Å². The van der Waals surface area contributed by atoms with Crippen molar-refractivity contribution in [1.82, 2.24) is 10.2 Å². The number of carbonyl (C=O) groups is 1. The highest BCUT2D eigenvalue weighted by molar-refractivity contribution is 6.31. The van der Waals surface area contributed by atoms with E-state index in [2.05, 4.69) is 10.2 Å². The van der Waals surface area contributed by atoms with Gasteiger partial charge in [-0.05, 0) is 24.6 Å². The lowest BCUT2D eigenvalue weighted by atomic mass is 10.0. The second-order valence-corrected chi connectivity index (χ2v) is 4.25. The molecule has 5 nitrogen and oxygen atoms in total. The fourth-order valence-electron chi connectivity index (χ4n) is 1.76. The highest BCUT2D eigenvalue weighted by Crippen LogP contribution is 2.38. The number of halogens is 2. The van der Waals surface area contributed by atoms with Gasteiger partial charge in [0.25, 0.3) is 0 Å². The van der Waals surface area contributed by atoms with E-state index in [-0.39, 0.29) is 22.2 Å². The van der Waals surface area contributed by atoms with Gasteiger partial charge >= 0.3 is 5.97 Å². The molecule has 2 aromatic rings. The van der Waals surface area contributed by atoms with Gasteiger partial charge in [0, 0.05) is 5.02 Å². The molecule has 0 fully saturated rings. The number of ether oxygens (including phenoxy) is 1. The van der Waals surface area contributed by atoms with E-state index >= 15 is 0 Å². The minimum Gasteiger partial charge on any atom is -0.493 e. The van der Waals surface area contributed by atoms with Crippen LogP contribution < -0.4 is 4.74 Å². The molecule has 1 heterocycles. The van der Waals surface area contributed by atoms with Crippen LogP contribution in [0, 0.1) is 12.7 Å². The molecule has 0 aliphatic rings. The molecule has 7 heteroatoms. The van der Waals surface area contributed by atoms with Crippen molar-refractivity contribution in [1.29, 1.82) is 0 Å². The van der Waals surface area contributed by atoms with Gasteiger partial charge in [-0.2, -0.15) is 5.10 Å². The molecule has 0 saturated heterocycles. The van der Waals surface area contributed by atoms with Crippen molar-refractivity contribution >= 4 is 17.6 Å². The molecule has 0 saturated carbocycles. The Hall–Kier alpha value is -2.08. The monoisotopic (exact) mass is 284 g/mol. The minimum absolute atomic E-state index is 0.0228. The number of benzene rings is 1. The number of rotatable bonds is 3. The Balaban J connectivity index is 2.69. The van der Waals surface area contributed by atoms with E-state index in [9.17, 15) is 9.18 Å². The van der Waals surface area contributed by atoms with Crippen LogP contribution in [0.4, 0.5) is 4.39 Å². The van der Waals surface area contributed by atoms with E-state index in [0.29, 0.717) is 11.1 Å². The molecule has 0 radical (unpaired) electrons. The third-order valence-corrected chi connectivity index (χ3v) is 3.09. The lowest BCUT2D eigenvalue weighted by Gasteiger charge is -2.12. The molecule has 0 amide bonds. The van der Waals surface area contributed by atoms with Crippen molar-refractivity contribution in [3.05, 3.63) is 34.2 Å². The summed E-state index contributed by atoms with van der Waals surface area (Å²) in [5.74, 6) is -1.81. The number of carboxylic acids is 1. The molecule has 100 valence electrons. The Morgan fingerprint density at radius 3 is 2.74 bits per heavy atom. The quantitative estimate of drug-likeness (QED) is 0.909. The van der Waals surface area contributed by atoms with Crippen LogP contribution >= 0.6 is 11.6 Å². The maximum absolute atomic E-state index is 13.8. The molecule has 0 spiro atoms. The summed E-state index contributed by atoms with van der Waals surface area (Å²) in [6, 6.07) is 2.44. The Morgan fingerprint density at radius 2 is 2.21 bits per heavy atom. The second-order valence-electron chi connectivity index (χ2n) is 3.85. The Bertz CT molecular complexity index is 655. The molecule has 0 unspecified atom stereocenters. The Labute approximate surface area is 113 Å². The van der Waals surface area contributed by atoms with E-state index < -0.39 is 11.8 Å². The lowest BCUT2D eigenvalue weighted by Crippen LogP contribution is -1.96. The molecule has 1 aromatic carbocycles. The van der Waals surface area contributed by atoms with Crippen LogP contribution in [0.25, 0.3) is 11.3 Å². The van der Waals surface area contributed by atoms with Crippen molar-refractivity contribution in [3.63, 3.8) is 0 Å². The number of H-pyrrole nitrogens is 1. The van der Waals surface area contributed by atoms with Crippen molar-refractivity contribution in [2.75, 3.05) is 7.11 Å². The van der Waals surface area contributed by atoms with Gasteiger partial charge in [0.2, 0.25) is 0 Å². The molecule has 1 aromatic heterocycles. The van der Waals surface area contributed by atoms with Gasteiger partial charge < -0.3 is 9.84 Å². The first-order chi connectivity index (χ1) is 8.95. The molecule has 19 heavy (non-hydrogen) atoms. The smallest absolute Gasteiger partial charge is 0.353 e. The van der Waals surface area contributed by atoms with Crippen LogP contribution in [-0.2, 0) is 0 Å². The first-order valence-electron chi connectivity index (χ1n) is 5.27. The van der Waals surface area contributed by atoms with Crippen LogP contribution in [0.3, 0.4) is 0 Å². The minimum atomic E-state index is -1.15. The number of methoxy groups -OCH3 is 1. The molecular weight excluding hydrogens is 275 g/mol. The van der Waals surface area contributed by atoms with Crippen molar-refractivity contribution in [3.8, 4) is 17.0 Å². The summed E-state index contributed by atoms with van der Waals surface area (Å²) in [7, 11) is 1.32. The van der Waals surface area contributed by atoms with Gasteiger partial charge in [0.1, 0.15) is 5.69 Å². The molecule has 2 rings (SSSR count). The highest BCUT2D eigenvalue weighted by Gasteiger charge is 2.20. The fraction of sp³-hybridized carbons (Fsp3) is 0.167. The molecule has 0 aliphatic heterocycles. The topological polar surface area (TPSA) is 75.2 Å². The van der Waals surface area contributed by atoms with E-state index in [1.165, 1.54) is 13.2 Å². The summed E-state index contributed by atoms with van der Waals surface area (Å²) in [6.07, 6.45) is 0. The number of hydrogen-bond donors (Lipinski definition) is 2. The SMILES string of the molecule is COc1c(F)cc(Cl)c(C)c1-c1cc(C(=O)O)[nH]n1. The first kappa shape index (κ1) is 13.4. The zero-order chi connectivity index (χ0) is 14.2. The van der Waals surface area contributed by atoms with Crippen molar-refractivity contribution in [2.24, 2.45) is 0 Å². The van der Waals surface area contributed by atoms with Crippen LogP contribution in [-0.4, -0.2) is 28.4 Å². The predicted molar refractivity (Wildman–Crippen MR) is 67.2 cm³/mol. The van der Waals surface area contributed by atoms with Crippen molar-refractivity contribution in [2.45, 2.75) is 6.92 Å².